The number of aryl methyl sites for hydroxylation is 2. The maximum Gasteiger partial charge on any atom is 0.255 e. The highest BCUT2D eigenvalue weighted by Crippen LogP contribution is 2.22. The van der Waals surface area contributed by atoms with Crippen molar-refractivity contribution in [1.29, 1.82) is 0 Å². The molecule has 1 saturated heterocycles. The zero-order valence-electron chi connectivity index (χ0n) is 13.0. The quantitative estimate of drug-likeness (QED) is 0.916. The lowest BCUT2D eigenvalue weighted by atomic mass is 10.2. The number of amides is 1. The van der Waals surface area contributed by atoms with Crippen LogP contribution in [0, 0.1) is 20.8 Å². The lowest BCUT2D eigenvalue weighted by Gasteiger charge is -2.27. The first-order valence-corrected chi connectivity index (χ1v) is 7.20. The van der Waals surface area contributed by atoms with Crippen molar-refractivity contribution in [3.63, 3.8) is 0 Å². The lowest BCUT2D eigenvalue weighted by molar-refractivity contribution is 0.0735. The molecule has 1 aliphatic rings. The summed E-state index contributed by atoms with van der Waals surface area (Å²) in [6.45, 7) is 9.01. The second-order valence-corrected chi connectivity index (χ2v) is 5.46. The molecule has 1 aliphatic heterocycles. The van der Waals surface area contributed by atoms with Crippen molar-refractivity contribution in [1.82, 2.24) is 19.9 Å². The van der Waals surface area contributed by atoms with Crippen LogP contribution >= 0.6 is 12.4 Å². The number of carbonyl (C=O) groups is 1. The molecule has 0 saturated carbocycles. The summed E-state index contributed by atoms with van der Waals surface area (Å²) in [6, 6.07) is 3.81. The predicted molar refractivity (Wildman–Crippen MR) is 86.1 cm³/mol. The number of rotatable bonds is 2. The number of nitrogens with one attached hydrogen (secondary N) is 1. The molecule has 1 N–H and O–H groups in total. The van der Waals surface area contributed by atoms with Crippen molar-refractivity contribution in [2.75, 3.05) is 26.2 Å². The molecule has 0 atom stereocenters. The maximum atomic E-state index is 12.7. The monoisotopic (exact) mass is 324 g/mol. The first-order chi connectivity index (χ1) is 10.1. The van der Waals surface area contributed by atoms with E-state index in [-0.39, 0.29) is 18.3 Å². The Kier molecular flexibility index (Phi) is 4.93. The van der Waals surface area contributed by atoms with E-state index in [1.807, 2.05) is 42.4 Å². The molecule has 6 nitrogen and oxygen atoms in total. The van der Waals surface area contributed by atoms with Crippen LogP contribution in [-0.2, 0) is 0 Å². The minimum absolute atomic E-state index is 0. The third-order valence-electron chi connectivity index (χ3n) is 3.91. The summed E-state index contributed by atoms with van der Waals surface area (Å²) >= 11 is 0. The molecule has 0 aromatic carbocycles. The summed E-state index contributed by atoms with van der Waals surface area (Å²) in [5.41, 5.74) is 2.64. The van der Waals surface area contributed by atoms with Gasteiger partial charge in [0.15, 0.2) is 5.82 Å². The van der Waals surface area contributed by atoms with Crippen molar-refractivity contribution in [3.05, 3.63) is 34.8 Å². The van der Waals surface area contributed by atoms with Crippen molar-refractivity contribution < 1.29 is 9.32 Å². The summed E-state index contributed by atoms with van der Waals surface area (Å²) < 4.78 is 7.10. The highest BCUT2D eigenvalue weighted by molar-refractivity contribution is 5.96. The minimum Gasteiger partial charge on any atom is -0.360 e. The van der Waals surface area contributed by atoms with Crippen LogP contribution in [-0.4, -0.2) is 46.7 Å². The molecule has 120 valence electrons. The van der Waals surface area contributed by atoms with Gasteiger partial charge in [-0.1, -0.05) is 5.16 Å². The summed E-state index contributed by atoms with van der Waals surface area (Å²) in [4.78, 5) is 14.6. The van der Waals surface area contributed by atoms with Gasteiger partial charge in [0.05, 0.1) is 5.56 Å². The highest BCUT2D eigenvalue weighted by atomic mass is 35.5. The SMILES string of the molecule is Cc1cc(-n2c(C)cc(C(=O)N3CCNCC3)c2C)no1.Cl. The second kappa shape index (κ2) is 6.54. The summed E-state index contributed by atoms with van der Waals surface area (Å²) in [7, 11) is 0. The van der Waals surface area contributed by atoms with Crippen LogP contribution in [0.2, 0.25) is 0 Å². The number of carbonyl (C=O) groups excluding carboxylic acids is 1. The Morgan fingerprint density at radius 1 is 1.23 bits per heavy atom. The number of halogens is 1. The van der Waals surface area contributed by atoms with Gasteiger partial charge in [0.2, 0.25) is 0 Å². The third kappa shape index (κ3) is 2.89. The Hall–Kier alpha value is -1.79. The van der Waals surface area contributed by atoms with Gasteiger partial charge in [-0.05, 0) is 26.8 Å². The average molecular weight is 325 g/mol. The number of aromatic nitrogens is 2. The van der Waals surface area contributed by atoms with Crippen molar-refractivity contribution in [3.8, 4) is 5.82 Å². The predicted octanol–water partition coefficient (Wildman–Crippen LogP) is 1.86. The Morgan fingerprint density at radius 3 is 2.50 bits per heavy atom. The van der Waals surface area contributed by atoms with Crippen molar-refractivity contribution in [2.24, 2.45) is 0 Å². The van der Waals surface area contributed by atoms with Gasteiger partial charge in [0.1, 0.15) is 5.76 Å². The Bertz CT molecular complexity index is 671. The van der Waals surface area contributed by atoms with Crippen LogP contribution in [0.3, 0.4) is 0 Å². The van der Waals surface area contributed by atoms with Gasteiger partial charge < -0.3 is 14.7 Å². The lowest BCUT2D eigenvalue weighted by Crippen LogP contribution is -2.46. The third-order valence-corrected chi connectivity index (χ3v) is 3.91. The first kappa shape index (κ1) is 16.6. The molecular weight excluding hydrogens is 304 g/mol. The molecule has 1 amide bonds. The van der Waals surface area contributed by atoms with Crippen molar-refractivity contribution in [2.45, 2.75) is 20.8 Å². The molecule has 2 aromatic rings. The van der Waals surface area contributed by atoms with E-state index in [9.17, 15) is 4.79 Å². The fourth-order valence-electron chi connectivity index (χ4n) is 2.83. The minimum atomic E-state index is 0. The van der Waals surface area contributed by atoms with Crippen molar-refractivity contribution >= 4 is 18.3 Å². The van der Waals surface area contributed by atoms with E-state index in [1.165, 1.54) is 0 Å². The molecule has 0 unspecified atom stereocenters. The zero-order chi connectivity index (χ0) is 15.0. The van der Waals surface area contributed by atoms with Gasteiger partial charge in [0.25, 0.3) is 5.91 Å². The fraction of sp³-hybridized carbons (Fsp3) is 0.467. The molecule has 1 fully saturated rings. The largest absolute Gasteiger partial charge is 0.360 e. The number of hydrogen-bond donors (Lipinski definition) is 1. The molecule has 3 heterocycles. The second-order valence-electron chi connectivity index (χ2n) is 5.46. The fourth-order valence-corrected chi connectivity index (χ4v) is 2.83. The van der Waals surface area contributed by atoms with E-state index in [4.69, 9.17) is 4.52 Å². The molecular formula is C15H21ClN4O2. The smallest absolute Gasteiger partial charge is 0.255 e. The van der Waals surface area contributed by atoms with Gasteiger partial charge in [-0.25, -0.2) is 0 Å². The van der Waals surface area contributed by atoms with Gasteiger partial charge in [-0.3, -0.25) is 9.36 Å². The van der Waals surface area contributed by atoms with E-state index in [0.29, 0.717) is 0 Å². The zero-order valence-corrected chi connectivity index (χ0v) is 13.9. The highest BCUT2D eigenvalue weighted by Gasteiger charge is 2.23. The number of hydrogen-bond acceptors (Lipinski definition) is 4. The topological polar surface area (TPSA) is 63.3 Å². The van der Waals surface area contributed by atoms with Crippen LogP contribution in [0.5, 0.6) is 0 Å². The van der Waals surface area contributed by atoms with Crippen LogP contribution in [0.15, 0.2) is 16.7 Å². The van der Waals surface area contributed by atoms with Gasteiger partial charge in [0, 0.05) is 43.6 Å². The normalized spacial score (nSPS) is 14.8. The summed E-state index contributed by atoms with van der Waals surface area (Å²) in [6.07, 6.45) is 0. The Labute approximate surface area is 135 Å². The standard InChI is InChI=1S/C15H20N4O2.ClH/c1-10-8-13(15(20)18-6-4-16-5-7-18)12(3)19(10)14-9-11(2)21-17-14;/h8-9,16H,4-7H2,1-3H3;1H. The van der Waals surface area contributed by atoms with Crippen LogP contribution in [0.4, 0.5) is 0 Å². The molecule has 7 heteroatoms. The Morgan fingerprint density at radius 2 is 1.91 bits per heavy atom. The number of nitrogens with zero attached hydrogens (tertiary/aromatic N) is 3. The van der Waals surface area contributed by atoms with Gasteiger partial charge >= 0.3 is 0 Å². The molecule has 2 aromatic heterocycles. The molecule has 0 aliphatic carbocycles. The van der Waals surface area contributed by atoms with E-state index in [2.05, 4.69) is 10.5 Å². The van der Waals surface area contributed by atoms with Gasteiger partial charge in [-0.2, -0.15) is 0 Å². The molecule has 0 radical (unpaired) electrons. The van der Waals surface area contributed by atoms with Gasteiger partial charge in [-0.15, -0.1) is 12.4 Å². The summed E-state index contributed by atoms with van der Waals surface area (Å²) in [5, 5.41) is 7.31. The average Bonchev–Trinajstić information content (AvgIpc) is 3.02. The van der Waals surface area contributed by atoms with E-state index in [1.54, 1.807) is 0 Å². The van der Waals surface area contributed by atoms with Crippen LogP contribution in [0.1, 0.15) is 27.5 Å². The molecule has 3 rings (SSSR count). The Balaban J connectivity index is 0.00000176. The molecule has 0 spiro atoms. The number of piperazine rings is 1. The molecule has 0 bridgehead atoms. The first-order valence-electron chi connectivity index (χ1n) is 7.20. The summed E-state index contributed by atoms with van der Waals surface area (Å²) in [5.74, 6) is 1.57. The maximum absolute atomic E-state index is 12.7. The van der Waals surface area contributed by atoms with Crippen LogP contribution in [0.25, 0.3) is 5.82 Å². The van der Waals surface area contributed by atoms with E-state index < -0.39 is 0 Å². The van der Waals surface area contributed by atoms with E-state index in [0.717, 1.165) is 54.7 Å². The van der Waals surface area contributed by atoms with E-state index >= 15 is 0 Å². The van der Waals surface area contributed by atoms with Crippen LogP contribution < -0.4 is 5.32 Å². The molecule has 22 heavy (non-hydrogen) atoms.